The molecule has 0 aliphatic carbocycles. The van der Waals surface area contributed by atoms with E-state index in [0.717, 1.165) is 38.8 Å². The van der Waals surface area contributed by atoms with Gasteiger partial charge in [-0.3, -0.25) is 10.4 Å². The maximum Gasteiger partial charge on any atom is 0.205 e. The molecule has 0 aromatic heterocycles. The number of hydrogen-bond donors (Lipinski definition) is 3. The summed E-state index contributed by atoms with van der Waals surface area (Å²) >= 11 is 0. The smallest absolute Gasteiger partial charge is 0.205 e. The Labute approximate surface area is 117 Å². The number of hydrogen-bond acceptors (Lipinski definition) is 3. The molecule has 0 amide bonds. The molecule has 1 aliphatic heterocycles. The van der Waals surface area contributed by atoms with Gasteiger partial charge in [-0.1, -0.05) is 27.7 Å². The lowest BCUT2D eigenvalue weighted by Gasteiger charge is -2.40. The summed E-state index contributed by atoms with van der Waals surface area (Å²) in [6, 6.07) is 0.385. The Hall–Kier alpha value is -0.810. The van der Waals surface area contributed by atoms with Gasteiger partial charge in [0, 0.05) is 19.2 Å². The monoisotopic (exact) mass is 270 g/mol. The van der Waals surface area contributed by atoms with Gasteiger partial charge in [0.05, 0.1) is 5.60 Å². The van der Waals surface area contributed by atoms with Gasteiger partial charge in [-0.05, 0) is 31.6 Å². The first-order chi connectivity index (χ1) is 9.05. The van der Waals surface area contributed by atoms with E-state index in [1.54, 1.807) is 0 Å². The van der Waals surface area contributed by atoms with Crippen LogP contribution in [0.5, 0.6) is 0 Å². The van der Waals surface area contributed by atoms with Gasteiger partial charge in [0.2, 0.25) is 5.96 Å². The number of ether oxygens (including phenoxy) is 1. The molecule has 1 heterocycles. The summed E-state index contributed by atoms with van der Waals surface area (Å²) in [5.74, 6) is 6.76. The Bertz CT molecular complexity index is 287. The quantitative estimate of drug-likeness (QED) is 0.308. The van der Waals surface area contributed by atoms with Crippen LogP contribution >= 0.6 is 0 Å². The van der Waals surface area contributed by atoms with Crippen molar-refractivity contribution >= 4 is 5.96 Å². The number of rotatable bonds is 5. The van der Waals surface area contributed by atoms with Crippen LogP contribution in [-0.4, -0.2) is 30.8 Å². The van der Waals surface area contributed by atoms with Gasteiger partial charge in [-0.25, -0.2) is 5.84 Å². The van der Waals surface area contributed by atoms with E-state index in [2.05, 4.69) is 43.4 Å². The predicted molar refractivity (Wildman–Crippen MR) is 79.9 cm³/mol. The normalized spacial score (nSPS) is 23.5. The van der Waals surface area contributed by atoms with Gasteiger partial charge >= 0.3 is 0 Å². The van der Waals surface area contributed by atoms with E-state index in [9.17, 15) is 0 Å². The lowest BCUT2D eigenvalue weighted by atomic mass is 9.86. The van der Waals surface area contributed by atoms with Crippen molar-refractivity contribution in [3.63, 3.8) is 0 Å². The summed E-state index contributed by atoms with van der Waals surface area (Å²) in [4.78, 5) is 4.46. The molecule has 0 saturated carbocycles. The molecule has 4 N–H and O–H groups in total. The molecule has 0 aromatic carbocycles. The molecule has 1 aliphatic rings. The number of nitrogens with zero attached hydrogens (tertiary/aromatic N) is 1. The summed E-state index contributed by atoms with van der Waals surface area (Å²) in [6.45, 7) is 10.3. The van der Waals surface area contributed by atoms with Gasteiger partial charge in [0.1, 0.15) is 0 Å². The van der Waals surface area contributed by atoms with Gasteiger partial charge in [0.15, 0.2) is 0 Å². The summed E-state index contributed by atoms with van der Waals surface area (Å²) < 4.78 is 5.98. The van der Waals surface area contributed by atoms with E-state index in [1.807, 2.05) is 0 Å². The van der Waals surface area contributed by atoms with Crippen LogP contribution in [0.25, 0.3) is 0 Å². The molecule has 0 bridgehead atoms. The zero-order chi connectivity index (χ0) is 14.3. The molecular weight excluding hydrogens is 240 g/mol. The summed E-state index contributed by atoms with van der Waals surface area (Å²) in [5.41, 5.74) is 2.69. The highest BCUT2D eigenvalue weighted by atomic mass is 16.5. The third kappa shape index (κ3) is 4.99. The second-order valence-electron chi connectivity index (χ2n) is 5.80. The standard InChI is InChI=1S/C14H30N4O/c1-5-14(6-2)9-12(7-8-19-14)17-13(18-15)16-10-11(3)4/h11-12H,5-10,15H2,1-4H3,(H2,16,17,18). The van der Waals surface area contributed by atoms with Crippen LogP contribution in [0.4, 0.5) is 0 Å². The van der Waals surface area contributed by atoms with Crippen molar-refractivity contribution in [2.75, 3.05) is 13.2 Å². The fourth-order valence-corrected chi connectivity index (χ4v) is 2.49. The average molecular weight is 270 g/mol. The average Bonchev–Trinajstić information content (AvgIpc) is 2.43. The molecule has 1 rings (SSSR count). The van der Waals surface area contributed by atoms with E-state index in [-0.39, 0.29) is 5.60 Å². The third-order valence-corrected chi connectivity index (χ3v) is 3.87. The zero-order valence-corrected chi connectivity index (χ0v) is 12.8. The first-order valence-corrected chi connectivity index (χ1v) is 7.46. The molecule has 0 spiro atoms. The van der Waals surface area contributed by atoms with Crippen LogP contribution in [0.1, 0.15) is 53.4 Å². The number of guanidine groups is 1. The van der Waals surface area contributed by atoms with E-state index in [0.29, 0.717) is 17.9 Å². The van der Waals surface area contributed by atoms with Crippen molar-refractivity contribution in [3.05, 3.63) is 0 Å². The molecule has 1 saturated heterocycles. The molecule has 19 heavy (non-hydrogen) atoms. The third-order valence-electron chi connectivity index (χ3n) is 3.87. The second kappa shape index (κ2) is 7.70. The molecule has 0 aromatic rings. The molecule has 1 unspecified atom stereocenters. The Morgan fingerprint density at radius 1 is 1.42 bits per heavy atom. The van der Waals surface area contributed by atoms with Crippen molar-refractivity contribution in [3.8, 4) is 0 Å². The molecule has 1 atom stereocenters. The highest BCUT2D eigenvalue weighted by Crippen LogP contribution is 2.31. The predicted octanol–water partition coefficient (Wildman–Crippen LogP) is 1.79. The van der Waals surface area contributed by atoms with Crippen molar-refractivity contribution in [1.29, 1.82) is 0 Å². The summed E-state index contributed by atoms with van der Waals surface area (Å²) in [5, 5.41) is 3.42. The van der Waals surface area contributed by atoms with Gasteiger partial charge in [-0.15, -0.1) is 0 Å². The minimum atomic E-state index is 0.0215. The van der Waals surface area contributed by atoms with Crippen molar-refractivity contribution in [2.45, 2.75) is 65.0 Å². The minimum absolute atomic E-state index is 0.0215. The summed E-state index contributed by atoms with van der Waals surface area (Å²) in [6.07, 6.45) is 4.12. The first kappa shape index (κ1) is 16.2. The second-order valence-corrected chi connectivity index (χ2v) is 5.80. The fraction of sp³-hybridized carbons (Fsp3) is 0.929. The van der Waals surface area contributed by atoms with Crippen LogP contribution < -0.4 is 16.6 Å². The molecule has 0 radical (unpaired) electrons. The molecular formula is C14H30N4O. The fourth-order valence-electron chi connectivity index (χ4n) is 2.49. The Kier molecular flexibility index (Phi) is 6.58. The van der Waals surface area contributed by atoms with E-state index >= 15 is 0 Å². The molecule has 112 valence electrons. The Morgan fingerprint density at radius 2 is 2.11 bits per heavy atom. The van der Waals surface area contributed by atoms with E-state index in [4.69, 9.17) is 10.6 Å². The SMILES string of the molecule is CCC1(CC)CC(NC(=NCC(C)C)NN)CCO1. The lowest BCUT2D eigenvalue weighted by molar-refractivity contribution is -0.0910. The first-order valence-electron chi connectivity index (χ1n) is 7.46. The van der Waals surface area contributed by atoms with Crippen LogP contribution in [0.2, 0.25) is 0 Å². The van der Waals surface area contributed by atoms with Crippen molar-refractivity contribution in [1.82, 2.24) is 10.7 Å². The van der Waals surface area contributed by atoms with Gasteiger partial charge in [-0.2, -0.15) is 0 Å². The maximum atomic E-state index is 5.98. The molecule has 5 nitrogen and oxygen atoms in total. The van der Waals surface area contributed by atoms with E-state index in [1.165, 1.54) is 0 Å². The van der Waals surface area contributed by atoms with Crippen LogP contribution in [0.15, 0.2) is 4.99 Å². The Morgan fingerprint density at radius 3 is 2.63 bits per heavy atom. The zero-order valence-electron chi connectivity index (χ0n) is 12.8. The molecule has 1 fully saturated rings. The minimum Gasteiger partial charge on any atom is -0.375 e. The van der Waals surface area contributed by atoms with Crippen LogP contribution in [0.3, 0.4) is 0 Å². The maximum absolute atomic E-state index is 5.98. The highest BCUT2D eigenvalue weighted by Gasteiger charge is 2.34. The largest absolute Gasteiger partial charge is 0.375 e. The number of nitrogens with two attached hydrogens (primary N) is 1. The number of nitrogens with one attached hydrogen (secondary N) is 2. The van der Waals surface area contributed by atoms with E-state index < -0.39 is 0 Å². The van der Waals surface area contributed by atoms with Crippen LogP contribution in [0, 0.1) is 5.92 Å². The van der Waals surface area contributed by atoms with Crippen molar-refractivity contribution < 1.29 is 4.74 Å². The van der Waals surface area contributed by atoms with Crippen LogP contribution in [-0.2, 0) is 4.74 Å². The number of aliphatic imine (C=N–C) groups is 1. The van der Waals surface area contributed by atoms with Crippen molar-refractivity contribution in [2.24, 2.45) is 16.8 Å². The Balaban J connectivity index is 2.57. The topological polar surface area (TPSA) is 71.7 Å². The molecule has 5 heteroatoms. The lowest BCUT2D eigenvalue weighted by Crippen LogP contribution is -2.52. The summed E-state index contributed by atoms with van der Waals surface area (Å²) in [7, 11) is 0. The van der Waals surface area contributed by atoms with Gasteiger partial charge in [0.25, 0.3) is 0 Å². The van der Waals surface area contributed by atoms with Gasteiger partial charge < -0.3 is 10.1 Å². The number of hydrazine groups is 1. The highest BCUT2D eigenvalue weighted by molar-refractivity contribution is 5.79.